The lowest BCUT2D eigenvalue weighted by Crippen LogP contribution is -2.50. The highest BCUT2D eigenvalue weighted by Gasteiger charge is 2.28. The van der Waals surface area contributed by atoms with Crippen LogP contribution in [0.1, 0.15) is 56.6 Å². The van der Waals surface area contributed by atoms with E-state index in [4.69, 9.17) is 14.5 Å². The number of hydrogen-bond acceptors (Lipinski definition) is 6. The van der Waals surface area contributed by atoms with E-state index in [1.165, 1.54) is 0 Å². The Morgan fingerprint density at radius 1 is 1.21 bits per heavy atom. The number of ether oxygens (including phenoxy) is 2. The van der Waals surface area contributed by atoms with Crippen molar-refractivity contribution in [1.29, 1.82) is 0 Å². The van der Waals surface area contributed by atoms with Gasteiger partial charge >= 0.3 is 6.09 Å². The lowest BCUT2D eigenvalue weighted by atomic mass is 10.0. The van der Waals surface area contributed by atoms with Gasteiger partial charge in [-0.05, 0) is 70.4 Å². The average Bonchev–Trinajstić information content (AvgIpc) is 3.43. The van der Waals surface area contributed by atoms with E-state index in [1.807, 2.05) is 55.1 Å². The SMILES string of the molecule is CCc1c(-c2nc3cc(C(=O)N4CCCC(NC(=O)OC(C)(C)C)C4)cc(OC)c3n2C)cc2cccnn12. The highest BCUT2D eigenvalue weighted by atomic mass is 16.6. The molecule has 1 aliphatic rings. The molecule has 0 saturated carbocycles. The number of alkyl carbamates (subject to hydrolysis) is 1. The Morgan fingerprint density at radius 3 is 2.72 bits per heavy atom. The van der Waals surface area contributed by atoms with E-state index in [0.29, 0.717) is 29.9 Å². The minimum Gasteiger partial charge on any atom is -0.494 e. The van der Waals surface area contributed by atoms with Gasteiger partial charge in [0.15, 0.2) is 0 Å². The van der Waals surface area contributed by atoms with Crippen LogP contribution < -0.4 is 10.1 Å². The van der Waals surface area contributed by atoms with Gasteiger partial charge in [0.25, 0.3) is 5.91 Å². The molecular weight excluding hydrogens is 496 g/mol. The van der Waals surface area contributed by atoms with Crippen LogP contribution in [-0.2, 0) is 18.2 Å². The van der Waals surface area contributed by atoms with Gasteiger partial charge in [-0.15, -0.1) is 0 Å². The zero-order valence-electron chi connectivity index (χ0n) is 23.4. The summed E-state index contributed by atoms with van der Waals surface area (Å²) in [5.74, 6) is 1.25. The molecule has 1 N–H and O–H groups in total. The molecule has 1 fully saturated rings. The number of piperidine rings is 1. The van der Waals surface area contributed by atoms with Gasteiger partial charge in [0.1, 0.15) is 22.7 Å². The molecule has 0 spiro atoms. The van der Waals surface area contributed by atoms with Crippen molar-refractivity contribution in [3.05, 3.63) is 47.8 Å². The van der Waals surface area contributed by atoms with E-state index in [1.54, 1.807) is 24.3 Å². The van der Waals surface area contributed by atoms with Crippen molar-refractivity contribution in [2.24, 2.45) is 7.05 Å². The van der Waals surface area contributed by atoms with Crippen LogP contribution in [0.15, 0.2) is 36.5 Å². The Balaban J connectivity index is 1.46. The fourth-order valence-corrected chi connectivity index (χ4v) is 5.36. The lowest BCUT2D eigenvalue weighted by Gasteiger charge is -2.33. The van der Waals surface area contributed by atoms with Crippen molar-refractivity contribution < 1.29 is 19.1 Å². The molecule has 5 rings (SSSR count). The highest BCUT2D eigenvalue weighted by molar-refractivity contribution is 6.00. The molecule has 4 aromatic rings. The molecule has 4 heterocycles. The van der Waals surface area contributed by atoms with Gasteiger partial charge < -0.3 is 24.3 Å². The van der Waals surface area contributed by atoms with Gasteiger partial charge in [0.05, 0.1) is 23.8 Å². The smallest absolute Gasteiger partial charge is 0.407 e. The van der Waals surface area contributed by atoms with Gasteiger partial charge in [0.2, 0.25) is 0 Å². The second kappa shape index (κ2) is 10.2. The Labute approximate surface area is 227 Å². The monoisotopic (exact) mass is 532 g/mol. The number of amides is 2. The summed E-state index contributed by atoms with van der Waals surface area (Å²) in [4.78, 5) is 32.7. The first kappa shape index (κ1) is 26.5. The molecule has 10 heteroatoms. The molecular formula is C29H36N6O4. The number of hydrogen-bond donors (Lipinski definition) is 1. The summed E-state index contributed by atoms with van der Waals surface area (Å²) in [5, 5.41) is 7.43. The number of carbonyl (C=O) groups is 2. The number of carbonyl (C=O) groups excluding carboxylic acids is 2. The number of imidazole rings is 1. The zero-order chi connectivity index (χ0) is 27.9. The molecule has 1 unspecified atom stereocenters. The number of aromatic nitrogens is 4. The summed E-state index contributed by atoms with van der Waals surface area (Å²) in [7, 11) is 3.56. The van der Waals surface area contributed by atoms with Crippen LogP contribution >= 0.6 is 0 Å². The van der Waals surface area contributed by atoms with Crippen molar-refractivity contribution in [3.63, 3.8) is 0 Å². The molecule has 1 aromatic carbocycles. The van der Waals surface area contributed by atoms with Crippen LogP contribution in [0.4, 0.5) is 4.79 Å². The lowest BCUT2D eigenvalue weighted by molar-refractivity contribution is 0.0452. The van der Waals surface area contributed by atoms with Gasteiger partial charge in [-0.1, -0.05) is 6.92 Å². The van der Waals surface area contributed by atoms with Crippen LogP contribution in [0.25, 0.3) is 27.9 Å². The first-order chi connectivity index (χ1) is 18.6. The van der Waals surface area contributed by atoms with Gasteiger partial charge in [-0.3, -0.25) is 4.79 Å². The molecule has 1 atom stereocenters. The molecule has 0 radical (unpaired) electrons. The molecule has 0 aliphatic carbocycles. The quantitative estimate of drug-likeness (QED) is 0.403. The Morgan fingerprint density at radius 2 is 2.00 bits per heavy atom. The van der Waals surface area contributed by atoms with Crippen molar-refractivity contribution >= 4 is 28.6 Å². The van der Waals surface area contributed by atoms with Crippen molar-refractivity contribution in [2.75, 3.05) is 20.2 Å². The van der Waals surface area contributed by atoms with E-state index in [-0.39, 0.29) is 11.9 Å². The van der Waals surface area contributed by atoms with Crippen LogP contribution in [0, 0.1) is 0 Å². The third-order valence-corrected chi connectivity index (χ3v) is 7.04. The summed E-state index contributed by atoms with van der Waals surface area (Å²) >= 11 is 0. The fourth-order valence-electron chi connectivity index (χ4n) is 5.36. The van der Waals surface area contributed by atoms with Gasteiger partial charge in [0, 0.05) is 43.5 Å². The maximum absolute atomic E-state index is 13.6. The fraction of sp³-hybridized carbons (Fsp3) is 0.448. The number of benzene rings is 1. The molecule has 1 saturated heterocycles. The summed E-state index contributed by atoms with van der Waals surface area (Å²) < 4.78 is 15.1. The average molecular weight is 533 g/mol. The van der Waals surface area contributed by atoms with Crippen LogP contribution in [0.5, 0.6) is 5.75 Å². The standard InChI is InChI=1S/C29H36N6O4/c1-7-23-21(16-20-11-8-12-30-35(20)23)26-32-22-14-18(15-24(38-6)25(22)33(26)5)27(36)34-13-9-10-19(17-34)31-28(37)39-29(2,3)4/h8,11-12,14-16,19H,7,9-10,13,17H2,1-6H3,(H,31,37). The van der Waals surface area contributed by atoms with E-state index < -0.39 is 11.7 Å². The number of likely N-dealkylation sites (tertiary alicyclic amines) is 1. The molecule has 206 valence electrons. The molecule has 3 aromatic heterocycles. The maximum atomic E-state index is 13.6. The number of fused-ring (bicyclic) bond motifs is 2. The third kappa shape index (κ3) is 5.15. The third-order valence-electron chi connectivity index (χ3n) is 7.04. The van der Waals surface area contributed by atoms with E-state index in [9.17, 15) is 9.59 Å². The Bertz CT molecular complexity index is 1550. The molecule has 0 bridgehead atoms. The predicted octanol–water partition coefficient (Wildman–Crippen LogP) is 4.59. The first-order valence-electron chi connectivity index (χ1n) is 13.4. The summed E-state index contributed by atoms with van der Waals surface area (Å²) in [6.45, 7) is 8.61. The van der Waals surface area contributed by atoms with Crippen molar-refractivity contribution in [3.8, 4) is 17.1 Å². The second-order valence-electron chi connectivity index (χ2n) is 11.0. The van der Waals surface area contributed by atoms with E-state index in [2.05, 4.69) is 23.4 Å². The summed E-state index contributed by atoms with van der Waals surface area (Å²) in [6.07, 6.45) is 3.68. The van der Waals surface area contributed by atoms with Gasteiger partial charge in [-0.2, -0.15) is 5.10 Å². The maximum Gasteiger partial charge on any atom is 0.407 e. The van der Waals surface area contributed by atoms with Crippen molar-refractivity contribution in [1.82, 2.24) is 29.4 Å². The zero-order valence-corrected chi connectivity index (χ0v) is 23.4. The molecule has 10 nitrogen and oxygen atoms in total. The number of aryl methyl sites for hydroxylation is 2. The minimum atomic E-state index is -0.579. The Kier molecular flexibility index (Phi) is 6.96. The van der Waals surface area contributed by atoms with Gasteiger partial charge in [-0.25, -0.2) is 14.3 Å². The topological polar surface area (TPSA) is 103 Å². The van der Waals surface area contributed by atoms with Crippen LogP contribution in [0.2, 0.25) is 0 Å². The minimum absolute atomic E-state index is 0.119. The predicted molar refractivity (Wildman–Crippen MR) is 149 cm³/mol. The summed E-state index contributed by atoms with van der Waals surface area (Å²) in [6, 6.07) is 9.47. The molecule has 1 aliphatic heterocycles. The normalized spacial score (nSPS) is 16.1. The highest BCUT2D eigenvalue weighted by Crippen LogP contribution is 2.34. The van der Waals surface area contributed by atoms with Crippen molar-refractivity contribution in [2.45, 2.75) is 58.6 Å². The van der Waals surface area contributed by atoms with E-state index >= 15 is 0 Å². The number of nitrogens with one attached hydrogen (secondary N) is 1. The number of nitrogens with zero attached hydrogens (tertiary/aromatic N) is 5. The molecule has 2 amide bonds. The first-order valence-corrected chi connectivity index (χ1v) is 13.4. The Hall–Kier alpha value is -4.08. The second-order valence-corrected chi connectivity index (χ2v) is 11.0. The van der Waals surface area contributed by atoms with E-state index in [0.717, 1.165) is 47.4 Å². The largest absolute Gasteiger partial charge is 0.494 e. The number of rotatable bonds is 5. The number of methoxy groups -OCH3 is 1. The molecule has 39 heavy (non-hydrogen) atoms. The summed E-state index contributed by atoms with van der Waals surface area (Å²) in [5.41, 5.74) is 4.48. The van der Waals surface area contributed by atoms with Crippen LogP contribution in [0.3, 0.4) is 0 Å². The van der Waals surface area contributed by atoms with Crippen LogP contribution in [-0.4, -0.2) is 67.9 Å².